The average Bonchev–Trinajstić information content (AvgIpc) is 3.02. The van der Waals surface area contributed by atoms with Gasteiger partial charge in [0.1, 0.15) is 0 Å². The minimum absolute atomic E-state index is 0.214. The maximum Gasteiger partial charge on any atom is 0.260 e. The van der Waals surface area contributed by atoms with Crippen molar-refractivity contribution in [3.8, 4) is 0 Å². The van der Waals surface area contributed by atoms with E-state index >= 15 is 0 Å². The second kappa shape index (κ2) is 15.2. The lowest BCUT2D eigenvalue weighted by Crippen LogP contribution is -2.36. The quantitative estimate of drug-likeness (QED) is 0.198. The smallest absolute Gasteiger partial charge is 0.260 e. The summed E-state index contributed by atoms with van der Waals surface area (Å²) in [6.45, 7) is 15.0. The molecule has 0 unspecified atom stereocenters. The zero-order valence-corrected chi connectivity index (χ0v) is 23.8. The first-order chi connectivity index (χ1) is 20.2. The molecule has 3 rings (SSSR count). The summed E-state index contributed by atoms with van der Waals surface area (Å²) < 4.78 is 0. The van der Waals surface area contributed by atoms with Crippen LogP contribution in [-0.2, 0) is 14.4 Å². The Balaban J connectivity index is 1.72. The molecule has 7 nitrogen and oxygen atoms in total. The number of carbonyl (C=O) groups is 3. The minimum Gasteiger partial charge on any atom is -0.356 e. The van der Waals surface area contributed by atoms with Gasteiger partial charge < -0.3 is 16.0 Å². The number of nitrogens with one attached hydrogen (secondary N) is 3. The molecule has 7 heteroatoms. The van der Waals surface area contributed by atoms with Crippen molar-refractivity contribution in [1.29, 1.82) is 0 Å². The maximum absolute atomic E-state index is 13.2. The van der Waals surface area contributed by atoms with E-state index in [1.807, 2.05) is 31.2 Å². The molecule has 0 atom stereocenters. The van der Waals surface area contributed by atoms with Gasteiger partial charge in [-0.2, -0.15) is 0 Å². The molecule has 0 aromatic heterocycles. The first kappa shape index (κ1) is 30.8. The molecule has 0 fully saturated rings. The van der Waals surface area contributed by atoms with Gasteiger partial charge in [-0.1, -0.05) is 56.2 Å². The number of carbonyl (C=O) groups excluding carboxylic acids is 3. The Hall–Kier alpha value is -5.69. The standard InChI is InChI=1S/C35H34N4O3/c1-6-8-10-12-27(5)37-30-20-22-32(23-21-30)39-33(40)24-15-28(14-13-25(3)35(39)42)34(41)38-31-18-16-29(17-19-31)36-26(4)11-9-7-2/h6-24,36-37H,2,4-5H2,1,3H3,(H,38,41)/b8-6-,11-9-,12-10-,24-15?,25-13+,28-14?. The topological polar surface area (TPSA) is 90.5 Å². The summed E-state index contributed by atoms with van der Waals surface area (Å²) in [6.07, 6.45) is 18.4. The number of hydrogen-bond acceptors (Lipinski definition) is 5. The maximum atomic E-state index is 13.2. The third-order valence-electron chi connectivity index (χ3n) is 5.85. The summed E-state index contributed by atoms with van der Waals surface area (Å²) in [5.74, 6) is -1.49. The van der Waals surface area contributed by atoms with Crippen LogP contribution in [0.1, 0.15) is 13.8 Å². The highest BCUT2D eigenvalue weighted by Crippen LogP contribution is 2.23. The van der Waals surface area contributed by atoms with Crippen molar-refractivity contribution in [3.05, 3.63) is 158 Å². The van der Waals surface area contributed by atoms with E-state index in [1.165, 1.54) is 24.3 Å². The number of hydrogen-bond donors (Lipinski definition) is 3. The molecule has 0 aliphatic carbocycles. The van der Waals surface area contributed by atoms with E-state index in [9.17, 15) is 14.4 Å². The number of amides is 3. The van der Waals surface area contributed by atoms with Crippen LogP contribution in [0.5, 0.6) is 0 Å². The van der Waals surface area contributed by atoms with Crippen LogP contribution in [0.4, 0.5) is 22.7 Å². The zero-order valence-electron chi connectivity index (χ0n) is 23.8. The lowest BCUT2D eigenvalue weighted by molar-refractivity contribution is -0.122. The molecule has 3 N–H and O–H groups in total. The van der Waals surface area contributed by atoms with Gasteiger partial charge in [-0.25, -0.2) is 4.90 Å². The van der Waals surface area contributed by atoms with E-state index in [1.54, 1.807) is 73.7 Å². The van der Waals surface area contributed by atoms with Crippen molar-refractivity contribution < 1.29 is 14.4 Å². The molecule has 42 heavy (non-hydrogen) atoms. The lowest BCUT2D eigenvalue weighted by atomic mass is 10.1. The Bertz CT molecular complexity index is 1550. The van der Waals surface area contributed by atoms with E-state index in [0.717, 1.165) is 16.3 Å². The largest absolute Gasteiger partial charge is 0.356 e. The van der Waals surface area contributed by atoms with E-state index in [4.69, 9.17) is 0 Å². The van der Waals surface area contributed by atoms with Crippen LogP contribution < -0.4 is 20.9 Å². The number of nitrogens with zero attached hydrogens (tertiary/aromatic N) is 1. The SMILES string of the molecule is C=C/C=C\C(=C)Nc1ccc(NC(=O)C2=C/C=C(\C)C(=O)N(c3ccc(NC(=C)/C=C\C=C/C)cc3)C(=O)C=C2)cc1. The third-order valence-corrected chi connectivity index (χ3v) is 5.85. The van der Waals surface area contributed by atoms with Crippen molar-refractivity contribution in [2.75, 3.05) is 20.9 Å². The molecule has 0 radical (unpaired) electrons. The van der Waals surface area contributed by atoms with Crippen molar-refractivity contribution in [2.45, 2.75) is 13.8 Å². The summed E-state index contributed by atoms with van der Waals surface area (Å²) in [4.78, 5) is 40.5. The second-order valence-corrected chi connectivity index (χ2v) is 9.14. The molecule has 1 heterocycles. The zero-order chi connectivity index (χ0) is 30.5. The molecule has 0 spiro atoms. The van der Waals surface area contributed by atoms with Gasteiger partial charge in [0.2, 0.25) is 0 Å². The fraction of sp³-hybridized carbons (Fsp3) is 0.0571. The van der Waals surface area contributed by atoms with E-state index in [-0.39, 0.29) is 5.57 Å². The van der Waals surface area contributed by atoms with Crippen molar-refractivity contribution >= 4 is 40.5 Å². The van der Waals surface area contributed by atoms with E-state index < -0.39 is 17.7 Å². The number of anilines is 4. The van der Waals surface area contributed by atoms with Crippen LogP contribution in [0.25, 0.3) is 0 Å². The number of rotatable bonds is 11. The van der Waals surface area contributed by atoms with Crippen LogP contribution in [-0.4, -0.2) is 17.7 Å². The Morgan fingerprint density at radius 1 is 0.762 bits per heavy atom. The molecule has 2 aromatic carbocycles. The molecule has 0 saturated carbocycles. The molecule has 1 aliphatic rings. The van der Waals surface area contributed by atoms with E-state index in [2.05, 4.69) is 35.7 Å². The molecular weight excluding hydrogens is 524 g/mol. The van der Waals surface area contributed by atoms with Crippen LogP contribution in [0, 0.1) is 0 Å². The van der Waals surface area contributed by atoms with Gasteiger partial charge in [-0.15, -0.1) is 0 Å². The van der Waals surface area contributed by atoms with Crippen molar-refractivity contribution in [3.63, 3.8) is 0 Å². The normalized spacial score (nSPS) is 15.0. The molecule has 2 aromatic rings. The van der Waals surface area contributed by atoms with Gasteiger partial charge in [0.15, 0.2) is 0 Å². The van der Waals surface area contributed by atoms with Gasteiger partial charge in [-0.3, -0.25) is 14.4 Å². The minimum atomic E-state index is -0.575. The first-order valence-electron chi connectivity index (χ1n) is 13.2. The Labute approximate surface area is 247 Å². The molecule has 0 saturated heterocycles. The molecule has 212 valence electrons. The molecule has 0 bridgehead atoms. The summed E-state index contributed by atoms with van der Waals surface area (Å²) in [5.41, 5.74) is 4.39. The van der Waals surface area contributed by atoms with Gasteiger partial charge >= 0.3 is 0 Å². The van der Waals surface area contributed by atoms with Crippen LogP contribution in [0.2, 0.25) is 0 Å². The highest BCUT2D eigenvalue weighted by molar-refractivity contribution is 6.24. The molecule has 1 aliphatic heterocycles. The second-order valence-electron chi connectivity index (χ2n) is 9.14. The average molecular weight is 559 g/mol. The highest BCUT2D eigenvalue weighted by atomic mass is 16.2. The van der Waals surface area contributed by atoms with Crippen LogP contribution in [0.15, 0.2) is 158 Å². The first-order valence-corrected chi connectivity index (χ1v) is 13.2. The summed E-state index contributed by atoms with van der Waals surface area (Å²) >= 11 is 0. The Kier molecular flexibility index (Phi) is 11.2. The fourth-order valence-electron chi connectivity index (χ4n) is 3.70. The summed E-state index contributed by atoms with van der Waals surface area (Å²) in [5, 5.41) is 9.11. The predicted molar refractivity (Wildman–Crippen MR) is 174 cm³/mol. The summed E-state index contributed by atoms with van der Waals surface area (Å²) in [6, 6.07) is 13.9. The molecule has 3 amide bonds. The lowest BCUT2D eigenvalue weighted by Gasteiger charge is -2.20. The predicted octanol–water partition coefficient (Wildman–Crippen LogP) is 7.35. The van der Waals surface area contributed by atoms with Gasteiger partial charge in [0.05, 0.1) is 5.69 Å². The van der Waals surface area contributed by atoms with Gasteiger partial charge in [-0.05, 0) is 86.7 Å². The van der Waals surface area contributed by atoms with Crippen LogP contribution >= 0.6 is 0 Å². The fourth-order valence-corrected chi connectivity index (χ4v) is 3.70. The number of allylic oxidation sites excluding steroid dienone is 9. The number of benzene rings is 2. The Morgan fingerprint density at radius 2 is 1.31 bits per heavy atom. The molecular formula is C35H34N4O3. The van der Waals surface area contributed by atoms with Gasteiger partial charge in [0, 0.05) is 45.7 Å². The van der Waals surface area contributed by atoms with E-state index in [0.29, 0.717) is 28.3 Å². The van der Waals surface area contributed by atoms with Crippen LogP contribution in [0.3, 0.4) is 0 Å². The van der Waals surface area contributed by atoms with Crippen molar-refractivity contribution in [2.24, 2.45) is 0 Å². The monoisotopic (exact) mass is 558 g/mol. The Morgan fingerprint density at radius 3 is 1.88 bits per heavy atom. The highest BCUT2D eigenvalue weighted by Gasteiger charge is 2.24. The number of imide groups is 1. The van der Waals surface area contributed by atoms with Crippen molar-refractivity contribution in [1.82, 2.24) is 0 Å². The summed E-state index contributed by atoms with van der Waals surface area (Å²) in [7, 11) is 0. The van der Waals surface area contributed by atoms with Gasteiger partial charge in [0.25, 0.3) is 17.7 Å². The third kappa shape index (κ3) is 8.93.